The number of benzene rings is 1. The highest BCUT2D eigenvalue weighted by Crippen LogP contribution is 2.22. The van der Waals surface area contributed by atoms with E-state index >= 15 is 0 Å². The number of piperidine rings is 1. The Bertz CT molecular complexity index is 788. The van der Waals surface area contributed by atoms with Crippen LogP contribution in [0.3, 0.4) is 0 Å². The van der Waals surface area contributed by atoms with Crippen molar-refractivity contribution >= 4 is 17.8 Å². The number of amides is 4. The van der Waals surface area contributed by atoms with E-state index in [4.69, 9.17) is 0 Å². The average molecular weight is 443 g/mol. The van der Waals surface area contributed by atoms with Gasteiger partial charge in [-0.05, 0) is 50.3 Å². The van der Waals surface area contributed by atoms with E-state index in [1.807, 2.05) is 57.7 Å². The molecule has 0 saturated carbocycles. The summed E-state index contributed by atoms with van der Waals surface area (Å²) in [7, 11) is 0. The van der Waals surface area contributed by atoms with E-state index in [0.29, 0.717) is 76.7 Å². The standard InChI is InChI=1S/C25H38N4O3/c1-5-26(6-2)25(32)29-13-11-22(12-14-29)24(31)28-17-15-27(16-18-28)23(30)21-9-7-20(8-10-21)19(3)4/h7-10,19,22H,5-6,11-18H2,1-4H3. The first-order chi connectivity index (χ1) is 15.3. The predicted molar refractivity (Wildman–Crippen MR) is 126 cm³/mol. The summed E-state index contributed by atoms with van der Waals surface area (Å²) in [6.45, 7) is 13.2. The Morgan fingerprint density at radius 1 is 0.844 bits per heavy atom. The van der Waals surface area contributed by atoms with Gasteiger partial charge in [0.25, 0.3) is 5.91 Å². The van der Waals surface area contributed by atoms with Gasteiger partial charge in [0.1, 0.15) is 0 Å². The van der Waals surface area contributed by atoms with Gasteiger partial charge in [-0.15, -0.1) is 0 Å². The zero-order valence-corrected chi connectivity index (χ0v) is 20.0. The Morgan fingerprint density at radius 2 is 1.38 bits per heavy atom. The maximum Gasteiger partial charge on any atom is 0.319 e. The van der Waals surface area contributed by atoms with Crippen molar-refractivity contribution in [3.8, 4) is 0 Å². The van der Waals surface area contributed by atoms with Crippen molar-refractivity contribution in [1.82, 2.24) is 19.6 Å². The largest absolute Gasteiger partial charge is 0.339 e. The summed E-state index contributed by atoms with van der Waals surface area (Å²) in [4.78, 5) is 45.9. The molecule has 2 saturated heterocycles. The SMILES string of the molecule is CCN(CC)C(=O)N1CCC(C(=O)N2CCN(C(=O)c3ccc(C(C)C)cc3)CC2)CC1. The molecule has 7 heteroatoms. The molecule has 0 aromatic heterocycles. The van der Waals surface area contributed by atoms with E-state index in [-0.39, 0.29) is 23.8 Å². The van der Waals surface area contributed by atoms with Crippen molar-refractivity contribution in [3.05, 3.63) is 35.4 Å². The van der Waals surface area contributed by atoms with E-state index in [1.165, 1.54) is 5.56 Å². The fourth-order valence-corrected chi connectivity index (χ4v) is 4.59. The monoisotopic (exact) mass is 442 g/mol. The highest BCUT2D eigenvalue weighted by atomic mass is 16.2. The van der Waals surface area contributed by atoms with Gasteiger partial charge >= 0.3 is 6.03 Å². The molecule has 176 valence electrons. The third kappa shape index (κ3) is 5.43. The van der Waals surface area contributed by atoms with Crippen molar-refractivity contribution in [2.24, 2.45) is 5.92 Å². The van der Waals surface area contributed by atoms with Crippen LogP contribution in [0, 0.1) is 5.92 Å². The molecule has 0 unspecified atom stereocenters. The number of hydrogen-bond acceptors (Lipinski definition) is 3. The van der Waals surface area contributed by atoms with Crippen LogP contribution in [0.15, 0.2) is 24.3 Å². The topological polar surface area (TPSA) is 64.2 Å². The summed E-state index contributed by atoms with van der Waals surface area (Å²) in [6, 6.07) is 7.93. The maximum atomic E-state index is 13.0. The molecule has 2 aliphatic rings. The smallest absolute Gasteiger partial charge is 0.319 e. The number of likely N-dealkylation sites (tertiary alicyclic amines) is 1. The number of urea groups is 1. The van der Waals surface area contributed by atoms with Gasteiger partial charge in [0, 0.05) is 63.8 Å². The van der Waals surface area contributed by atoms with Crippen molar-refractivity contribution in [2.75, 3.05) is 52.4 Å². The van der Waals surface area contributed by atoms with Crippen molar-refractivity contribution in [3.63, 3.8) is 0 Å². The first-order valence-electron chi connectivity index (χ1n) is 12.1. The van der Waals surface area contributed by atoms with Crippen LogP contribution in [0.4, 0.5) is 4.79 Å². The van der Waals surface area contributed by atoms with Crippen molar-refractivity contribution in [2.45, 2.75) is 46.5 Å². The zero-order chi connectivity index (χ0) is 23.3. The van der Waals surface area contributed by atoms with E-state index in [2.05, 4.69) is 13.8 Å². The van der Waals surface area contributed by atoms with Gasteiger partial charge in [0.15, 0.2) is 0 Å². The Labute approximate surface area is 192 Å². The second-order valence-electron chi connectivity index (χ2n) is 9.11. The van der Waals surface area contributed by atoms with Crippen LogP contribution in [-0.4, -0.2) is 89.8 Å². The van der Waals surface area contributed by atoms with Crippen LogP contribution in [-0.2, 0) is 4.79 Å². The molecule has 2 fully saturated rings. The van der Waals surface area contributed by atoms with Gasteiger partial charge in [-0.2, -0.15) is 0 Å². The zero-order valence-electron chi connectivity index (χ0n) is 20.0. The molecule has 4 amide bonds. The minimum absolute atomic E-state index is 0.0263. The minimum atomic E-state index is -0.0263. The lowest BCUT2D eigenvalue weighted by molar-refractivity contribution is -0.138. The fourth-order valence-electron chi connectivity index (χ4n) is 4.59. The summed E-state index contributed by atoms with van der Waals surface area (Å²) >= 11 is 0. The molecule has 2 heterocycles. The Balaban J connectivity index is 1.47. The average Bonchev–Trinajstić information content (AvgIpc) is 2.84. The van der Waals surface area contributed by atoms with Crippen molar-refractivity contribution in [1.29, 1.82) is 0 Å². The summed E-state index contributed by atoms with van der Waals surface area (Å²) in [5, 5.41) is 0. The molecule has 0 atom stereocenters. The summed E-state index contributed by atoms with van der Waals surface area (Å²) in [5.41, 5.74) is 1.93. The molecule has 32 heavy (non-hydrogen) atoms. The molecule has 2 aliphatic heterocycles. The Hall–Kier alpha value is -2.57. The van der Waals surface area contributed by atoms with Gasteiger partial charge < -0.3 is 19.6 Å². The predicted octanol–water partition coefficient (Wildman–Crippen LogP) is 3.27. The van der Waals surface area contributed by atoms with Crippen LogP contribution in [0.2, 0.25) is 0 Å². The quantitative estimate of drug-likeness (QED) is 0.703. The highest BCUT2D eigenvalue weighted by molar-refractivity contribution is 5.94. The second kappa shape index (κ2) is 10.8. The molecule has 1 aromatic rings. The molecule has 0 bridgehead atoms. The van der Waals surface area contributed by atoms with Gasteiger partial charge in [-0.3, -0.25) is 9.59 Å². The molecule has 7 nitrogen and oxygen atoms in total. The summed E-state index contributed by atoms with van der Waals surface area (Å²) in [6.07, 6.45) is 1.43. The lowest BCUT2D eigenvalue weighted by Gasteiger charge is -2.39. The highest BCUT2D eigenvalue weighted by Gasteiger charge is 2.33. The second-order valence-corrected chi connectivity index (χ2v) is 9.11. The lowest BCUT2D eigenvalue weighted by atomic mass is 9.95. The Kier molecular flexibility index (Phi) is 8.15. The van der Waals surface area contributed by atoms with E-state index in [9.17, 15) is 14.4 Å². The fraction of sp³-hybridized carbons (Fsp3) is 0.640. The van der Waals surface area contributed by atoms with Crippen LogP contribution >= 0.6 is 0 Å². The third-order valence-electron chi connectivity index (χ3n) is 6.85. The van der Waals surface area contributed by atoms with Gasteiger partial charge in [-0.25, -0.2) is 4.79 Å². The number of carbonyl (C=O) groups excluding carboxylic acids is 3. The first-order valence-corrected chi connectivity index (χ1v) is 12.1. The van der Waals surface area contributed by atoms with Crippen LogP contribution in [0.5, 0.6) is 0 Å². The molecule has 0 radical (unpaired) electrons. The number of piperazine rings is 1. The molecule has 3 rings (SSSR count). The molecule has 0 spiro atoms. The maximum absolute atomic E-state index is 13.0. The van der Waals surface area contributed by atoms with Crippen molar-refractivity contribution < 1.29 is 14.4 Å². The van der Waals surface area contributed by atoms with Gasteiger partial charge in [-0.1, -0.05) is 26.0 Å². The molecule has 0 N–H and O–H groups in total. The summed E-state index contributed by atoms with van der Waals surface area (Å²) in [5.74, 6) is 0.626. The minimum Gasteiger partial charge on any atom is -0.339 e. The number of rotatable bonds is 5. The van der Waals surface area contributed by atoms with E-state index in [0.717, 1.165) is 0 Å². The lowest BCUT2D eigenvalue weighted by Crippen LogP contribution is -2.53. The van der Waals surface area contributed by atoms with E-state index < -0.39 is 0 Å². The van der Waals surface area contributed by atoms with Gasteiger partial charge in [0.05, 0.1) is 0 Å². The third-order valence-corrected chi connectivity index (χ3v) is 6.85. The van der Waals surface area contributed by atoms with Gasteiger partial charge in [0.2, 0.25) is 5.91 Å². The summed E-state index contributed by atoms with van der Waals surface area (Å²) < 4.78 is 0. The number of nitrogens with zero attached hydrogens (tertiary/aromatic N) is 4. The normalized spacial score (nSPS) is 17.6. The van der Waals surface area contributed by atoms with Crippen LogP contribution in [0.1, 0.15) is 62.4 Å². The molecule has 0 aliphatic carbocycles. The first kappa shape index (κ1) is 24.1. The Morgan fingerprint density at radius 3 is 1.88 bits per heavy atom. The van der Waals surface area contributed by atoms with E-state index in [1.54, 1.807) is 0 Å². The number of carbonyl (C=O) groups is 3. The molecule has 1 aromatic carbocycles. The molecular weight excluding hydrogens is 404 g/mol. The van der Waals surface area contributed by atoms with Crippen LogP contribution < -0.4 is 0 Å². The number of hydrogen-bond donors (Lipinski definition) is 0. The van der Waals surface area contributed by atoms with Crippen LogP contribution in [0.25, 0.3) is 0 Å². The molecular formula is C25H38N4O3.